The number of ether oxygens (including phenoxy) is 1. The highest BCUT2D eigenvalue weighted by Crippen LogP contribution is 2.03. The molecule has 0 amide bonds. The monoisotopic (exact) mass is 145 g/mol. The highest BCUT2D eigenvalue weighted by atomic mass is 16.6. The van der Waals surface area contributed by atoms with Crippen LogP contribution in [0.25, 0.3) is 0 Å². The van der Waals surface area contributed by atoms with Crippen molar-refractivity contribution in [2.45, 2.75) is 38.9 Å². The summed E-state index contributed by atoms with van der Waals surface area (Å²) in [6, 6.07) is 0. The fourth-order valence-electron chi connectivity index (χ4n) is 0.788. The standard InChI is InChI=1S/C8H17O2/c1-3-5-6-7-8(9)10-4-2/h8-9H,2-7H2,1H3. The molecule has 0 aromatic rings. The molecule has 0 aliphatic heterocycles. The second-order valence-electron chi connectivity index (χ2n) is 2.32. The minimum absolute atomic E-state index is 0.354. The van der Waals surface area contributed by atoms with E-state index in [0.29, 0.717) is 6.61 Å². The lowest BCUT2D eigenvalue weighted by atomic mass is 10.2. The number of hydrogen-bond donors (Lipinski definition) is 1. The Balaban J connectivity index is 2.97. The van der Waals surface area contributed by atoms with E-state index in [0.717, 1.165) is 19.3 Å². The third-order valence-electron chi connectivity index (χ3n) is 1.36. The van der Waals surface area contributed by atoms with Gasteiger partial charge in [-0.1, -0.05) is 19.8 Å². The Hall–Kier alpha value is -0.0800. The molecule has 0 spiro atoms. The molecule has 0 aromatic heterocycles. The molecule has 0 rings (SSSR count). The highest BCUT2D eigenvalue weighted by molar-refractivity contribution is 4.44. The second kappa shape index (κ2) is 7.03. The van der Waals surface area contributed by atoms with Crippen molar-refractivity contribution in [1.29, 1.82) is 0 Å². The summed E-state index contributed by atoms with van der Waals surface area (Å²) in [6.07, 6.45) is 3.53. The van der Waals surface area contributed by atoms with Crippen LogP contribution in [0.4, 0.5) is 0 Å². The van der Waals surface area contributed by atoms with E-state index >= 15 is 0 Å². The quantitative estimate of drug-likeness (QED) is 0.455. The van der Waals surface area contributed by atoms with Crippen LogP contribution < -0.4 is 0 Å². The van der Waals surface area contributed by atoms with Crippen molar-refractivity contribution in [1.82, 2.24) is 0 Å². The number of aliphatic hydroxyl groups excluding tert-OH is 1. The van der Waals surface area contributed by atoms with Crippen LogP contribution in [0.1, 0.15) is 32.6 Å². The maximum absolute atomic E-state index is 9.01. The first-order chi connectivity index (χ1) is 4.81. The molecule has 0 saturated heterocycles. The molecule has 0 saturated carbocycles. The number of aliphatic hydroxyl groups is 1. The minimum atomic E-state index is -0.593. The van der Waals surface area contributed by atoms with Gasteiger partial charge in [0.05, 0.1) is 0 Å². The molecule has 1 radical (unpaired) electrons. The normalized spacial score (nSPS) is 13.5. The Morgan fingerprint density at radius 1 is 1.50 bits per heavy atom. The Labute approximate surface area is 63.2 Å². The maximum Gasteiger partial charge on any atom is 0.154 e. The van der Waals surface area contributed by atoms with Crippen LogP contribution in [0.15, 0.2) is 0 Å². The lowest BCUT2D eigenvalue weighted by Crippen LogP contribution is -2.10. The fourth-order valence-corrected chi connectivity index (χ4v) is 0.788. The van der Waals surface area contributed by atoms with Gasteiger partial charge in [0, 0.05) is 6.61 Å². The summed E-state index contributed by atoms with van der Waals surface area (Å²) < 4.78 is 4.83. The van der Waals surface area contributed by atoms with Crippen LogP contribution in [0, 0.1) is 6.92 Å². The minimum Gasteiger partial charge on any atom is -0.368 e. The molecule has 1 unspecified atom stereocenters. The molecule has 0 aliphatic rings. The summed E-state index contributed by atoms with van der Waals surface area (Å²) in [6.45, 7) is 5.96. The van der Waals surface area contributed by atoms with E-state index < -0.39 is 6.29 Å². The summed E-state index contributed by atoms with van der Waals surface area (Å²) >= 11 is 0. The summed E-state index contributed by atoms with van der Waals surface area (Å²) in [5.41, 5.74) is 0. The molecule has 2 nitrogen and oxygen atoms in total. The molecule has 61 valence electrons. The van der Waals surface area contributed by atoms with E-state index in [1.165, 1.54) is 6.42 Å². The second-order valence-corrected chi connectivity index (χ2v) is 2.32. The van der Waals surface area contributed by atoms with Crippen LogP contribution in [0.2, 0.25) is 0 Å². The summed E-state index contributed by atoms with van der Waals surface area (Å²) in [5, 5.41) is 9.01. The molecule has 1 N–H and O–H groups in total. The van der Waals surface area contributed by atoms with Crippen molar-refractivity contribution in [3.63, 3.8) is 0 Å². The predicted molar refractivity (Wildman–Crippen MR) is 41.5 cm³/mol. The molecule has 0 aliphatic carbocycles. The van der Waals surface area contributed by atoms with Gasteiger partial charge in [-0.15, -0.1) is 0 Å². The summed E-state index contributed by atoms with van der Waals surface area (Å²) in [5.74, 6) is 0. The largest absolute Gasteiger partial charge is 0.368 e. The third kappa shape index (κ3) is 6.05. The topological polar surface area (TPSA) is 29.5 Å². The van der Waals surface area contributed by atoms with E-state index in [1.807, 2.05) is 0 Å². The first-order valence-electron chi connectivity index (χ1n) is 3.90. The smallest absolute Gasteiger partial charge is 0.154 e. The van der Waals surface area contributed by atoms with Crippen LogP contribution in [-0.2, 0) is 4.74 Å². The average molecular weight is 145 g/mol. The van der Waals surface area contributed by atoms with E-state index in [2.05, 4.69) is 13.8 Å². The van der Waals surface area contributed by atoms with Gasteiger partial charge in [-0.2, -0.15) is 0 Å². The highest BCUT2D eigenvalue weighted by Gasteiger charge is 2.00. The van der Waals surface area contributed by atoms with Gasteiger partial charge in [0.1, 0.15) is 0 Å². The van der Waals surface area contributed by atoms with Gasteiger partial charge in [0.25, 0.3) is 0 Å². The lowest BCUT2D eigenvalue weighted by Gasteiger charge is -2.08. The van der Waals surface area contributed by atoms with Crippen molar-refractivity contribution in [2.75, 3.05) is 6.61 Å². The van der Waals surface area contributed by atoms with Gasteiger partial charge in [-0.3, -0.25) is 0 Å². The van der Waals surface area contributed by atoms with Crippen LogP contribution in [0.5, 0.6) is 0 Å². The Morgan fingerprint density at radius 3 is 2.70 bits per heavy atom. The first kappa shape index (κ1) is 9.92. The van der Waals surface area contributed by atoms with Crippen molar-refractivity contribution in [2.24, 2.45) is 0 Å². The zero-order chi connectivity index (χ0) is 7.82. The molecule has 1 atom stereocenters. The molecule has 0 bridgehead atoms. The van der Waals surface area contributed by atoms with Crippen LogP contribution in [-0.4, -0.2) is 18.0 Å². The molecular weight excluding hydrogens is 128 g/mol. The fraction of sp³-hybridized carbons (Fsp3) is 0.875. The first-order valence-corrected chi connectivity index (χ1v) is 3.90. The number of hydrogen-bond acceptors (Lipinski definition) is 2. The number of rotatable bonds is 6. The summed E-state index contributed by atoms with van der Waals surface area (Å²) in [7, 11) is 0. The van der Waals surface area contributed by atoms with Crippen molar-refractivity contribution in [3.8, 4) is 0 Å². The van der Waals surface area contributed by atoms with Crippen LogP contribution in [0.3, 0.4) is 0 Å². The molecule has 0 aromatic carbocycles. The van der Waals surface area contributed by atoms with E-state index in [1.54, 1.807) is 0 Å². The molecular formula is C8H17O2. The predicted octanol–water partition coefficient (Wildman–Crippen LogP) is 1.74. The maximum atomic E-state index is 9.01. The molecule has 2 heteroatoms. The SMILES string of the molecule is [CH2]COC(O)CCCCC. The van der Waals surface area contributed by atoms with Crippen LogP contribution >= 0.6 is 0 Å². The van der Waals surface area contributed by atoms with Gasteiger partial charge in [-0.25, -0.2) is 0 Å². The molecule has 0 heterocycles. The van der Waals surface area contributed by atoms with Crippen molar-refractivity contribution in [3.05, 3.63) is 6.92 Å². The van der Waals surface area contributed by atoms with Crippen molar-refractivity contribution < 1.29 is 9.84 Å². The Bertz CT molecular complexity index is 64.3. The third-order valence-corrected chi connectivity index (χ3v) is 1.36. The molecule has 0 fully saturated rings. The molecule has 10 heavy (non-hydrogen) atoms. The summed E-state index contributed by atoms with van der Waals surface area (Å²) in [4.78, 5) is 0. The lowest BCUT2D eigenvalue weighted by molar-refractivity contribution is -0.0943. The van der Waals surface area contributed by atoms with Gasteiger partial charge in [-0.05, 0) is 19.8 Å². The van der Waals surface area contributed by atoms with Gasteiger partial charge in [0.2, 0.25) is 0 Å². The van der Waals surface area contributed by atoms with Gasteiger partial charge < -0.3 is 9.84 Å². The average Bonchev–Trinajstić information content (AvgIpc) is 1.89. The van der Waals surface area contributed by atoms with Gasteiger partial charge in [0.15, 0.2) is 6.29 Å². The van der Waals surface area contributed by atoms with Gasteiger partial charge >= 0.3 is 0 Å². The van der Waals surface area contributed by atoms with E-state index in [4.69, 9.17) is 9.84 Å². The Kier molecular flexibility index (Phi) is 6.98. The van der Waals surface area contributed by atoms with Crippen molar-refractivity contribution >= 4 is 0 Å². The van der Waals surface area contributed by atoms with E-state index in [9.17, 15) is 0 Å². The number of unbranched alkanes of at least 4 members (excludes halogenated alkanes) is 2. The Morgan fingerprint density at radius 2 is 2.20 bits per heavy atom. The zero-order valence-electron chi connectivity index (χ0n) is 6.68. The zero-order valence-corrected chi connectivity index (χ0v) is 6.68. The van der Waals surface area contributed by atoms with E-state index in [-0.39, 0.29) is 0 Å².